The lowest BCUT2D eigenvalue weighted by atomic mass is 9.85. The first-order valence-electron chi connectivity index (χ1n) is 4.57. The Kier molecular flexibility index (Phi) is 3.84. The molecule has 0 heterocycles. The molecule has 0 aromatic heterocycles. The zero-order valence-corrected chi connectivity index (χ0v) is 10.2. The molecule has 15 heavy (non-hydrogen) atoms. The van der Waals surface area contributed by atoms with Gasteiger partial charge in [0.15, 0.2) is 0 Å². The minimum atomic E-state index is -2.48. The molecule has 0 aliphatic carbocycles. The smallest absolute Gasteiger partial charge is 0.264 e. The molecule has 0 saturated carbocycles. The zero-order chi connectivity index (χ0) is 11.6. The molecule has 0 amide bonds. The van der Waals surface area contributed by atoms with Gasteiger partial charge in [0.1, 0.15) is 0 Å². The first-order valence-corrected chi connectivity index (χ1v) is 5.36. The molecular formula is C11H13BrF2O. The van der Waals surface area contributed by atoms with Gasteiger partial charge < -0.3 is 5.11 Å². The van der Waals surface area contributed by atoms with Gasteiger partial charge in [-0.3, -0.25) is 0 Å². The van der Waals surface area contributed by atoms with Crippen LogP contribution >= 0.6 is 15.9 Å². The van der Waals surface area contributed by atoms with E-state index in [1.807, 2.05) is 13.8 Å². The summed E-state index contributed by atoms with van der Waals surface area (Å²) in [7, 11) is 0. The fourth-order valence-electron chi connectivity index (χ4n) is 1.22. The molecule has 0 aliphatic rings. The monoisotopic (exact) mass is 278 g/mol. The molecule has 1 rings (SSSR count). The Hall–Kier alpha value is -0.480. The third-order valence-electron chi connectivity index (χ3n) is 2.41. The van der Waals surface area contributed by atoms with Crippen LogP contribution in [-0.2, 0) is 5.41 Å². The van der Waals surface area contributed by atoms with E-state index in [9.17, 15) is 8.78 Å². The van der Waals surface area contributed by atoms with Crippen LogP contribution in [0.2, 0.25) is 0 Å². The second-order valence-electron chi connectivity index (χ2n) is 4.08. The van der Waals surface area contributed by atoms with Gasteiger partial charge in [-0.2, -0.15) is 0 Å². The van der Waals surface area contributed by atoms with Gasteiger partial charge in [0, 0.05) is 15.5 Å². The third-order valence-corrected chi connectivity index (χ3v) is 3.10. The molecule has 0 saturated heterocycles. The summed E-state index contributed by atoms with van der Waals surface area (Å²) in [4.78, 5) is 0. The molecule has 1 aromatic carbocycles. The average Bonchev–Trinajstić information content (AvgIpc) is 2.17. The molecule has 0 fully saturated rings. The second-order valence-corrected chi connectivity index (χ2v) is 4.93. The first-order chi connectivity index (χ1) is 6.88. The van der Waals surface area contributed by atoms with Crippen LogP contribution in [0.1, 0.15) is 31.4 Å². The van der Waals surface area contributed by atoms with E-state index in [-0.39, 0.29) is 12.2 Å². The Balaban J connectivity index is 3.12. The number of benzene rings is 1. The van der Waals surface area contributed by atoms with E-state index in [2.05, 4.69) is 15.9 Å². The molecule has 1 aromatic rings. The number of hydrogen-bond acceptors (Lipinski definition) is 1. The van der Waals surface area contributed by atoms with Crippen LogP contribution in [0.15, 0.2) is 22.7 Å². The number of aliphatic hydroxyl groups excluding tert-OH is 1. The van der Waals surface area contributed by atoms with Crippen molar-refractivity contribution in [2.24, 2.45) is 0 Å². The van der Waals surface area contributed by atoms with Crippen molar-refractivity contribution in [3.8, 4) is 0 Å². The van der Waals surface area contributed by atoms with E-state index < -0.39 is 11.8 Å². The summed E-state index contributed by atoms with van der Waals surface area (Å²) in [6.45, 7) is 3.70. The number of aliphatic hydroxyl groups is 1. The lowest BCUT2D eigenvalue weighted by Crippen LogP contribution is -2.22. The molecule has 4 heteroatoms. The maximum absolute atomic E-state index is 12.5. The second kappa shape index (κ2) is 4.58. The summed E-state index contributed by atoms with van der Waals surface area (Å²) in [6.07, 6.45) is -2.48. The quantitative estimate of drug-likeness (QED) is 0.895. The van der Waals surface area contributed by atoms with Gasteiger partial charge in [-0.1, -0.05) is 41.9 Å². The van der Waals surface area contributed by atoms with Crippen molar-refractivity contribution in [2.45, 2.75) is 25.7 Å². The van der Waals surface area contributed by atoms with Gasteiger partial charge >= 0.3 is 0 Å². The van der Waals surface area contributed by atoms with Gasteiger partial charge in [-0.25, -0.2) is 8.78 Å². The van der Waals surface area contributed by atoms with Crippen LogP contribution in [0.25, 0.3) is 0 Å². The predicted molar refractivity (Wildman–Crippen MR) is 59.2 cm³/mol. The van der Waals surface area contributed by atoms with E-state index in [1.54, 1.807) is 12.1 Å². The molecular weight excluding hydrogens is 266 g/mol. The Labute approximate surface area is 96.2 Å². The molecule has 0 radical (unpaired) electrons. The van der Waals surface area contributed by atoms with Gasteiger partial charge in [0.2, 0.25) is 0 Å². The summed E-state index contributed by atoms with van der Waals surface area (Å²) in [5.74, 6) is 0. The van der Waals surface area contributed by atoms with Crippen LogP contribution in [0.3, 0.4) is 0 Å². The van der Waals surface area contributed by atoms with Crippen molar-refractivity contribution in [3.05, 3.63) is 33.8 Å². The number of alkyl halides is 2. The van der Waals surface area contributed by atoms with Gasteiger partial charge in [-0.05, 0) is 11.6 Å². The van der Waals surface area contributed by atoms with Crippen molar-refractivity contribution in [3.63, 3.8) is 0 Å². The number of halogens is 3. The largest absolute Gasteiger partial charge is 0.395 e. The maximum Gasteiger partial charge on any atom is 0.264 e. The van der Waals surface area contributed by atoms with Crippen molar-refractivity contribution in [1.82, 2.24) is 0 Å². The highest BCUT2D eigenvalue weighted by molar-refractivity contribution is 9.10. The maximum atomic E-state index is 12.5. The van der Waals surface area contributed by atoms with E-state index in [4.69, 9.17) is 5.11 Å². The fraction of sp³-hybridized carbons (Fsp3) is 0.455. The molecule has 0 aliphatic heterocycles. The number of rotatable bonds is 3. The highest BCUT2D eigenvalue weighted by Gasteiger charge is 2.21. The van der Waals surface area contributed by atoms with Crippen LogP contribution in [-0.4, -0.2) is 11.7 Å². The minimum Gasteiger partial charge on any atom is -0.395 e. The zero-order valence-electron chi connectivity index (χ0n) is 8.60. The Morgan fingerprint density at radius 1 is 1.40 bits per heavy atom. The Morgan fingerprint density at radius 3 is 2.40 bits per heavy atom. The van der Waals surface area contributed by atoms with Gasteiger partial charge in [0.25, 0.3) is 6.43 Å². The number of hydrogen-bond donors (Lipinski definition) is 1. The first kappa shape index (κ1) is 12.6. The Morgan fingerprint density at radius 2 is 2.00 bits per heavy atom. The van der Waals surface area contributed by atoms with E-state index in [0.717, 1.165) is 5.56 Å². The van der Waals surface area contributed by atoms with Crippen LogP contribution < -0.4 is 0 Å². The Bertz CT molecular complexity index is 350. The van der Waals surface area contributed by atoms with Crippen molar-refractivity contribution in [1.29, 1.82) is 0 Å². The van der Waals surface area contributed by atoms with Crippen LogP contribution in [0.4, 0.5) is 8.78 Å². The van der Waals surface area contributed by atoms with E-state index in [1.165, 1.54) is 6.07 Å². The van der Waals surface area contributed by atoms with Gasteiger partial charge in [0.05, 0.1) is 6.61 Å². The molecule has 0 atom stereocenters. The summed E-state index contributed by atoms with van der Waals surface area (Å²) < 4.78 is 25.3. The standard InChI is InChI=1S/C11H13BrF2O/c1-11(2,6-15)7-3-4-8(10(13)14)9(12)5-7/h3-5,10,15H,6H2,1-2H3. The normalized spacial score (nSPS) is 12.2. The highest BCUT2D eigenvalue weighted by atomic mass is 79.9. The summed E-state index contributed by atoms with van der Waals surface area (Å²) >= 11 is 3.11. The van der Waals surface area contributed by atoms with Crippen molar-refractivity contribution in [2.75, 3.05) is 6.61 Å². The molecule has 1 nitrogen and oxygen atoms in total. The molecule has 0 spiro atoms. The van der Waals surface area contributed by atoms with Gasteiger partial charge in [-0.15, -0.1) is 0 Å². The molecule has 0 unspecified atom stereocenters. The van der Waals surface area contributed by atoms with E-state index in [0.29, 0.717) is 4.47 Å². The SMILES string of the molecule is CC(C)(CO)c1ccc(C(F)F)c(Br)c1. The lowest BCUT2D eigenvalue weighted by molar-refractivity contribution is 0.150. The molecule has 0 bridgehead atoms. The summed E-state index contributed by atoms with van der Waals surface area (Å²) in [5.41, 5.74) is 0.400. The van der Waals surface area contributed by atoms with E-state index >= 15 is 0 Å². The highest BCUT2D eigenvalue weighted by Crippen LogP contribution is 2.32. The fourth-order valence-corrected chi connectivity index (χ4v) is 1.77. The topological polar surface area (TPSA) is 20.2 Å². The molecule has 1 N–H and O–H groups in total. The predicted octanol–water partition coefficient (Wildman–Crippen LogP) is 3.66. The average molecular weight is 279 g/mol. The minimum absolute atomic E-state index is 0.0204. The lowest BCUT2D eigenvalue weighted by Gasteiger charge is -2.23. The van der Waals surface area contributed by atoms with Crippen molar-refractivity contribution < 1.29 is 13.9 Å². The van der Waals surface area contributed by atoms with Crippen LogP contribution in [0.5, 0.6) is 0 Å². The third kappa shape index (κ3) is 2.75. The summed E-state index contributed by atoms with van der Waals surface area (Å²) in [5, 5.41) is 9.15. The van der Waals surface area contributed by atoms with Crippen molar-refractivity contribution >= 4 is 15.9 Å². The van der Waals surface area contributed by atoms with Crippen LogP contribution in [0, 0.1) is 0 Å². The molecule has 84 valence electrons. The summed E-state index contributed by atoms with van der Waals surface area (Å²) in [6, 6.07) is 4.65.